The standard InChI is InChI=1S/C7H12N2O2/c10-8-4-1-7-2-5-9(8,11)6-3-7/h4,7H,1-3,5-6H2. The zero-order valence-corrected chi connectivity index (χ0v) is 6.40. The third kappa shape index (κ3) is 1.02. The summed E-state index contributed by atoms with van der Waals surface area (Å²) in [6.07, 6.45) is 4.14. The Morgan fingerprint density at radius 3 is 2.64 bits per heavy atom. The molecule has 0 aromatic carbocycles. The van der Waals surface area contributed by atoms with Gasteiger partial charge >= 0.3 is 0 Å². The molecule has 2 bridgehead atoms. The van der Waals surface area contributed by atoms with Gasteiger partial charge < -0.3 is 10.4 Å². The van der Waals surface area contributed by atoms with Crippen LogP contribution in [0.3, 0.4) is 0 Å². The van der Waals surface area contributed by atoms with Crippen LogP contribution in [0.2, 0.25) is 0 Å². The van der Waals surface area contributed by atoms with Crippen LogP contribution >= 0.6 is 0 Å². The molecule has 0 atom stereocenters. The van der Waals surface area contributed by atoms with Crippen molar-refractivity contribution < 1.29 is 9.60 Å². The van der Waals surface area contributed by atoms with Gasteiger partial charge in [-0.25, -0.2) is 0 Å². The van der Waals surface area contributed by atoms with Crippen molar-refractivity contribution >= 4 is 6.21 Å². The summed E-state index contributed by atoms with van der Waals surface area (Å²) in [5, 5.41) is 22.7. The van der Waals surface area contributed by atoms with E-state index in [2.05, 4.69) is 0 Å². The molecule has 0 amide bonds. The molecule has 1 fully saturated rings. The summed E-state index contributed by atoms with van der Waals surface area (Å²) in [7, 11) is 0. The van der Waals surface area contributed by atoms with Gasteiger partial charge in [-0.05, 0) is 10.8 Å². The molecule has 0 aromatic heterocycles. The van der Waals surface area contributed by atoms with Gasteiger partial charge in [0.2, 0.25) is 6.21 Å². The quantitative estimate of drug-likeness (QED) is 0.293. The first-order chi connectivity index (χ1) is 5.21. The Balaban J connectivity index is 2.29. The fraction of sp³-hybridized carbons (Fsp3) is 0.857. The lowest BCUT2D eigenvalue weighted by Gasteiger charge is -2.38. The molecule has 0 saturated carbocycles. The van der Waals surface area contributed by atoms with E-state index in [1.54, 1.807) is 0 Å². The maximum atomic E-state index is 11.6. The van der Waals surface area contributed by atoms with Crippen LogP contribution < -0.4 is 0 Å². The third-order valence-electron chi connectivity index (χ3n) is 2.73. The Kier molecular flexibility index (Phi) is 1.40. The second-order valence-electron chi connectivity index (χ2n) is 3.46. The van der Waals surface area contributed by atoms with Gasteiger partial charge in [-0.3, -0.25) is 0 Å². The number of hydrogen-bond donors (Lipinski definition) is 0. The minimum absolute atomic E-state index is 0.477. The van der Waals surface area contributed by atoms with E-state index >= 15 is 0 Å². The van der Waals surface area contributed by atoms with Crippen LogP contribution in [0.1, 0.15) is 19.3 Å². The van der Waals surface area contributed by atoms with E-state index in [9.17, 15) is 10.4 Å². The second kappa shape index (κ2) is 2.19. The minimum Gasteiger partial charge on any atom is -0.573 e. The molecule has 0 unspecified atom stereocenters. The normalized spacial score (nSPS) is 43.4. The maximum Gasteiger partial charge on any atom is 0.217 e. The van der Waals surface area contributed by atoms with Crippen molar-refractivity contribution in [1.82, 2.24) is 0 Å². The van der Waals surface area contributed by atoms with Crippen LogP contribution in [0.25, 0.3) is 0 Å². The van der Waals surface area contributed by atoms with Gasteiger partial charge in [0.15, 0.2) is 0 Å². The van der Waals surface area contributed by atoms with Crippen LogP contribution in [-0.4, -0.2) is 28.9 Å². The molecule has 0 aliphatic carbocycles. The fourth-order valence-corrected chi connectivity index (χ4v) is 1.85. The molecule has 0 radical (unpaired) electrons. The van der Waals surface area contributed by atoms with Gasteiger partial charge in [-0.2, -0.15) is 0 Å². The van der Waals surface area contributed by atoms with Gasteiger partial charge in [-0.1, -0.05) is 0 Å². The maximum absolute atomic E-state index is 11.6. The third-order valence-corrected chi connectivity index (χ3v) is 2.73. The van der Waals surface area contributed by atoms with Crippen molar-refractivity contribution in [2.45, 2.75) is 19.3 Å². The molecule has 62 valence electrons. The lowest BCUT2D eigenvalue weighted by Crippen LogP contribution is -2.51. The summed E-state index contributed by atoms with van der Waals surface area (Å²) in [6, 6.07) is 0. The number of quaternary nitrogens is 1. The van der Waals surface area contributed by atoms with Gasteiger partial charge in [0, 0.05) is 19.3 Å². The molecule has 0 N–H and O–H groups in total. The highest BCUT2D eigenvalue weighted by atomic mass is 16.7. The summed E-state index contributed by atoms with van der Waals surface area (Å²) in [4.78, 5) is 0.590. The highest BCUT2D eigenvalue weighted by Crippen LogP contribution is 2.27. The SMILES string of the molecule is [O-][N+]1=CCC2CC[N+]1([O-])CC2. The fourth-order valence-electron chi connectivity index (χ4n) is 1.85. The predicted octanol–water partition coefficient (Wildman–Crippen LogP) is 0.611. The van der Waals surface area contributed by atoms with Crippen LogP contribution in [0.15, 0.2) is 0 Å². The van der Waals surface area contributed by atoms with Crippen LogP contribution in [0, 0.1) is 16.3 Å². The molecule has 4 heteroatoms. The Labute approximate surface area is 65.5 Å². The van der Waals surface area contributed by atoms with Crippen molar-refractivity contribution in [3.8, 4) is 0 Å². The van der Waals surface area contributed by atoms with Crippen molar-refractivity contribution in [2.24, 2.45) is 5.92 Å². The van der Waals surface area contributed by atoms with Gasteiger partial charge in [0.1, 0.15) is 13.1 Å². The van der Waals surface area contributed by atoms with Crippen LogP contribution in [-0.2, 0) is 0 Å². The van der Waals surface area contributed by atoms with E-state index < -0.39 is 4.76 Å². The van der Waals surface area contributed by atoms with Gasteiger partial charge in [-0.15, -0.1) is 4.76 Å². The van der Waals surface area contributed by atoms with E-state index in [-0.39, 0.29) is 0 Å². The second-order valence-corrected chi connectivity index (χ2v) is 3.46. The number of hydrogen-bond acceptors (Lipinski definition) is 2. The summed E-state index contributed by atoms with van der Waals surface area (Å²) in [6.45, 7) is 0.954. The molecule has 11 heavy (non-hydrogen) atoms. The van der Waals surface area contributed by atoms with E-state index in [4.69, 9.17) is 0 Å². The van der Waals surface area contributed by atoms with Crippen LogP contribution in [0.5, 0.6) is 0 Å². The first-order valence-electron chi connectivity index (χ1n) is 4.09. The van der Waals surface area contributed by atoms with Crippen molar-refractivity contribution in [2.75, 3.05) is 13.1 Å². The zero-order valence-electron chi connectivity index (χ0n) is 6.40. The Bertz CT molecular complexity index is 195. The summed E-state index contributed by atoms with van der Waals surface area (Å²) < 4.78 is -0.656. The number of piperidine rings is 1. The Hall–Kier alpha value is -0.610. The molecule has 4 nitrogen and oxygen atoms in total. The topological polar surface area (TPSA) is 49.1 Å². The molecule has 3 aliphatic heterocycles. The molecule has 0 aromatic rings. The highest BCUT2D eigenvalue weighted by Gasteiger charge is 2.36. The molecule has 3 heterocycles. The highest BCUT2D eigenvalue weighted by molar-refractivity contribution is 5.51. The largest absolute Gasteiger partial charge is 0.573 e. The Morgan fingerprint density at radius 1 is 1.36 bits per heavy atom. The first-order valence-corrected chi connectivity index (χ1v) is 4.09. The lowest BCUT2D eigenvalue weighted by atomic mass is 9.96. The minimum atomic E-state index is -0.656. The summed E-state index contributed by atoms with van der Waals surface area (Å²) in [5.41, 5.74) is 0. The zero-order chi connectivity index (χ0) is 7.90. The lowest BCUT2D eigenvalue weighted by molar-refractivity contribution is -1.29. The van der Waals surface area contributed by atoms with E-state index in [0.29, 0.717) is 23.9 Å². The van der Waals surface area contributed by atoms with Crippen molar-refractivity contribution in [1.29, 1.82) is 0 Å². The van der Waals surface area contributed by atoms with Crippen molar-refractivity contribution in [3.05, 3.63) is 10.4 Å². The first kappa shape index (κ1) is 7.06. The van der Waals surface area contributed by atoms with E-state index in [0.717, 1.165) is 19.3 Å². The molecular formula is C7H12N2O2. The average molecular weight is 156 g/mol. The number of nitrogens with zero attached hydrogens (tertiary/aromatic N) is 2. The molecule has 3 aliphatic rings. The molecule has 1 saturated heterocycles. The average Bonchev–Trinajstić information content (AvgIpc) is 2.22. The number of fused-ring (bicyclic) bond motifs is 3. The summed E-state index contributed by atoms with van der Waals surface area (Å²) in [5.74, 6) is 0.592. The molecular weight excluding hydrogens is 144 g/mol. The van der Waals surface area contributed by atoms with Gasteiger partial charge in [0.05, 0.1) is 0 Å². The number of rotatable bonds is 0. The van der Waals surface area contributed by atoms with Crippen LogP contribution in [0.4, 0.5) is 0 Å². The van der Waals surface area contributed by atoms with E-state index in [1.807, 2.05) is 0 Å². The monoisotopic (exact) mass is 156 g/mol. The molecule has 0 spiro atoms. The van der Waals surface area contributed by atoms with Crippen molar-refractivity contribution in [3.63, 3.8) is 0 Å². The predicted molar refractivity (Wildman–Crippen MR) is 40.4 cm³/mol. The Morgan fingerprint density at radius 2 is 2.00 bits per heavy atom. The molecule has 3 rings (SSSR count). The summed E-state index contributed by atoms with van der Waals surface area (Å²) >= 11 is 0. The number of hydroxylamine groups is 2. The smallest absolute Gasteiger partial charge is 0.217 e. The van der Waals surface area contributed by atoms with Gasteiger partial charge in [0.25, 0.3) is 0 Å². The van der Waals surface area contributed by atoms with E-state index in [1.165, 1.54) is 6.21 Å².